The average Bonchev–Trinajstić information content (AvgIpc) is 3.57. The first kappa shape index (κ1) is 25.5. The number of nitrogens with zero attached hydrogens (tertiary/aromatic N) is 5. The second-order valence-electron chi connectivity index (χ2n) is 8.79. The lowest BCUT2D eigenvalue weighted by Crippen LogP contribution is -2.46. The molecule has 4 aromatic rings. The third-order valence-corrected chi connectivity index (χ3v) is 7.49. The van der Waals surface area contributed by atoms with Gasteiger partial charge in [-0.05, 0) is 49.2 Å². The van der Waals surface area contributed by atoms with E-state index in [2.05, 4.69) is 25.8 Å². The van der Waals surface area contributed by atoms with Gasteiger partial charge in [-0.2, -0.15) is 0 Å². The molecule has 38 heavy (non-hydrogen) atoms. The van der Waals surface area contributed by atoms with Crippen molar-refractivity contribution in [3.63, 3.8) is 0 Å². The molecule has 0 atom stereocenters. The predicted octanol–water partition coefficient (Wildman–Crippen LogP) is 2.70. The number of nitrogens with one attached hydrogen (secondary N) is 2. The van der Waals surface area contributed by atoms with Crippen LogP contribution in [-0.4, -0.2) is 50.6 Å². The van der Waals surface area contributed by atoms with Crippen molar-refractivity contribution in [3.8, 4) is 11.4 Å². The molecule has 196 valence electrons. The number of hydrogen-bond donors (Lipinski definition) is 3. The van der Waals surface area contributed by atoms with E-state index >= 15 is 0 Å². The number of benzene rings is 1. The summed E-state index contributed by atoms with van der Waals surface area (Å²) < 4.78 is 3.78. The van der Waals surface area contributed by atoms with Crippen LogP contribution < -0.4 is 26.8 Å². The van der Waals surface area contributed by atoms with Gasteiger partial charge in [0.2, 0.25) is 0 Å². The number of anilines is 1. The first-order valence-electron chi connectivity index (χ1n) is 12.0. The number of hydrogen-bond acceptors (Lipinski definition) is 7. The highest BCUT2D eigenvalue weighted by Crippen LogP contribution is 2.29. The summed E-state index contributed by atoms with van der Waals surface area (Å²) in [5.74, 6) is -0.234. The molecule has 3 aromatic heterocycles. The molecular formula is C25H25ClN8O3S. The molecule has 11 nitrogen and oxygen atoms in total. The number of pyridine rings is 1. The molecule has 5 rings (SSSR count). The normalized spacial score (nSPS) is 13.9. The summed E-state index contributed by atoms with van der Waals surface area (Å²) in [6.45, 7) is 1.55. The van der Waals surface area contributed by atoms with Crippen LogP contribution in [-0.2, 0) is 6.54 Å². The van der Waals surface area contributed by atoms with Gasteiger partial charge in [-0.1, -0.05) is 22.9 Å². The lowest BCUT2D eigenvalue weighted by atomic mass is 10.0. The van der Waals surface area contributed by atoms with Crippen molar-refractivity contribution in [3.05, 3.63) is 86.2 Å². The maximum atomic E-state index is 12.5. The molecule has 1 fully saturated rings. The largest absolute Gasteiger partial charge is 0.370 e. The Hall–Kier alpha value is -4.16. The first-order valence-corrected chi connectivity index (χ1v) is 13.1. The van der Waals surface area contributed by atoms with Crippen molar-refractivity contribution >= 4 is 40.6 Å². The lowest BCUT2D eigenvalue weighted by molar-refractivity contribution is 0.0954. The molecule has 4 heterocycles. The van der Waals surface area contributed by atoms with Crippen molar-refractivity contribution in [2.75, 3.05) is 18.0 Å². The Balaban J connectivity index is 1.40. The second-order valence-corrected chi connectivity index (χ2v) is 10.5. The van der Waals surface area contributed by atoms with E-state index in [9.17, 15) is 14.4 Å². The minimum absolute atomic E-state index is 0.00642. The number of primary amides is 1. The van der Waals surface area contributed by atoms with E-state index in [4.69, 9.17) is 17.3 Å². The van der Waals surface area contributed by atoms with Gasteiger partial charge >= 0.3 is 6.03 Å². The zero-order valence-electron chi connectivity index (χ0n) is 20.2. The Morgan fingerprint density at radius 1 is 1.11 bits per heavy atom. The van der Waals surface area contributed by atoms with Gasteiger partial charge in [-0.3, -0.25) is 14.2 Å². The van der Waals surface area contributed by atoms with Gasteiger partial charge in [0.05, 0.1) is 39.0 Å². The Kier molecular flexibility index (Phi) is 7.43. The number of amides is 3. The van der Waals surface area contributed by atoms with Gasteiger partial charge in [0.15, 0.2) is 0 Å². The van der Waals surface area contributed by atoms with Crippen LogP contribution in [0.2, 0.25) is 4.34 Å². The Morgan fingerprint density at radius 3 is 2.63 bits per heavy atom. The highest BCUT2D eigenvalue weighted by Gasteiger charge is 2.23. The van der Waals surface area contributed by atoms with E-state index in [-0.39, 0.29) is 24.1 Å². The fraction of sp³-hybridized carbons (Fsp3) is 0.240. The van der Waals surface area contributed by atoms with Crippen LogP contribution in [0.25, 0.3) is 11.4 Å². The number of carbonyl (C=O) groups is 2. The molecule has 1 aliphatic heterocycles. The van der Waals surface area contributed by atoms with Crippen LogP contribution in [0.1, 0.15) is 28.2 Å². The quantitative estimate of drug-likeness (QED) is 0.322. The number of piperidine rings is 1. The maximum absolute atomic E-state index is 12.5. The average molecular weight is 553 g/mol. The van der Waals surface area contributed by atoms with Crippen molar-refractivity contribution < 1.29 is 9.59 Å². The summed E-state index contributed by atoms with van der Waals surface area (Å²) in [6.07, 6.45) is 4.93. The van der Waals surface area contributed by atoms with E-state index in [0.717, 1.165) is 24.2 Å². The molecule has 0 saturated carbocycles. The molecule has 0 bridgehead atoms. The third kappa shape index (κ3) is 5.71. The van der Waals surface area contributed by atoms with E-state index in [1.165, 1.54) is 17.4 Å². The van der Waals surface area contributed by atoms with Crippen LogP contribution >= 0.6 is 22.9 Å². The van der Waals surface area contributed by atoms with E-state index in [0.29, 0.717) is 33.7 Å². The maximum Gasteiger partial charge on any atom is 0.312 e. The SMILES string of the molecule is NC(=O)NC1CCN(c2cc(-n3ccccc3=O)ccc2-n2cc(CNC(=O)c3ccc(Cl)s3)nn2)CC1. The smallest absolute Gasteiger partial charge is 0.312 e. The summed E-state index contributed by atoms with van der Waals surface area (Å²) >= 11 is 7.13. The molecule has 1 aliphatic rings. The zero-order valence-corrected chi connectivity index (χ0v) is 21.8. The van der Waals surface area contributed by atoms with Crippen molar-refractivity contribution in [1.82, 2.24) is 30.2 Å². The minimum atomic E-state index is -0.529. The fourth-order valence-electron chi connectivity index (χ4n) is 4.41. The standard InChI is InChI=1S/C25H25ClN8O3S/c26-22-7-6-21(38-22)24(36)28-14-17-15-34(31-30-17)19-5-4-18(33-10-2-1-3-23(33)35)13-20(19)32-11-8-16(9-12-32)29-25(27)37/h1-7,10,13,15-16H,8-9,11-12,14H2,(H,28,36)(H3,27,29,37). The Bertz CT molecular complexity index is 1520. The molecule has 13 heteroatoms. The van der Waals surface area contributed by atoms with Crippen LogP contribution in [0, 0.1) is 0 Å². The van der Waals surface area contributed by atoms with E-state index in [1.807, 2.05) is 18.2 Å². The molecule has 0 spiro atoms. The number of nitrogens with two attached hydrogens (primary N) is 1. The second kappa shape index (κ2) is 11.1. The van der Waals surface area contributed by atoms with Gasteiger partial charge in [0.1, 0.15) is 5.69 Å². The Morgan fingerprint density at radius 2 is 1.92 bits per heavy atom. The topological polar surface area (TPSA) is 140 Å². The van der Waals surface area contributed by atoms with Crippen LogP contribution in [0.5, 0.6) is 0 Å². The summed E-state index contributed by atoms with van der Waals surface area (Å²) in [7, 11) is 0. The molecule has 3 amide bonds. The van der Waals surface area contributed by atoms with Gasteiger partial charge < -0.3 is 21.3 Å². The highest BCUT2D eigenvalue weighted by atomic mass is 35.5. The molecule has 0 unspecified atom stereocenters. The van der Waals surface area contributed by atoms with Gasteiger partial charge in [-0.15, -0.1) is 16.4 Å². The van der Waals surface area contributed by atoms with E-state index < -0.39 is 6.03 Å². The number of halogens is 1. The highest BCUT2D eigenvalue weighted by molar-refractivity contribution is 7.18. The van der Waals surface area contributed by atoms with Gasteiger partial charge in [-0.25, -0.2) is 9.48 Å². The number of carbonyl (C=O) groups excluding carboxylic acids is 2. The summed E-state index contributed by atoms with van der Waals surface area (Å²) in [6, 6.07) is 13.5. The molecule has 0 radical (unpaired) electrons. The lowest BCUT2D eigenvalue weighted by Gasteiger charge is -2.34. The summed E-state index contributed by atoms with van der Waals surface area (Å²) in [5, 5.41) is 14.1. The van der Waals surface area contributed by atoms with Crippen LogP contribution in [0.4, 0.5) is 10.5 Å². The first-order chi connectivity index (χ1) is 18.4. The number of urea groups is 1. The van der Waals surface area contributed by atoms with Crippen LogP contribution in [0.3, 0.4) is 0 Å². The number of aromatic nitrogens is 4. The minimum Gasteiger partial charge on any atom is -0.370 e. The Labute approximate surface area is 226 Å². The van der Waals surface area contributed by atoms with E-state index in [1.54, 1.807) is 45.9 Å². The molecule has 0 aliphatic carbocycles. The molecule has 1 saturated heterocycles. The molecule has 4 N–H and O–H groups in total. The summed E-state index contributed by atoms with van der Waals surface area (Å²) in [4.78, 5) is 38.8. The monoisotopic (exact) mass is 552 g/mol. The van der Waals surface area contributed by atoms with Crippen LogP contribution in [0.15, 0.2) is 65.7 Å². The molecule has 1 aromatic carbocycles. The van der Waals surface area contributed by atoms with Crippen molar-refractivity contribution in [2.24, 2.45) is 5.73 Å². The third-order valence-electron chi connectivity index (χ3n) is 6.26. The van der Waals surface area contributed by atoms with Gasteiger partial charge in [0.25, 0.3) is 11.5 Å². The molecular weight excluding hydrogens is 528 g/mol. The zero-order chi connectivity index (χ0) is 26.6. The van der Waals surface area contributed by atoms with Crippen molar-refractivity contribution in [2.45, 2.75) is 25.4 Å². The summed E-state index contributed by atoms with van der Waals surface area (Å²) in [5.41, 5.74) is 8.10. The van der Waals surface area contributed by atoms with Gasteiger partial charge in [0, 0.05) is 31.4 Å². The van der Waals surface area contributed by atoms with Crippen molar-refractivity contribution in [1.29, 1.82) is 0 Å². The number of rotatable bonds is 7. The predicted molar refractivity (Wildman–Crippen MR) is 145 cm³/mol. The fourth-order valence-corrected chi connectivity index (χ4v) is 5.37. The number of thiophene rings is 1.